The van der Waals surface area contributed by atoms with Crippen LogP contribution in [0.4, 0.5) is 0 Å². The summed E-state index contributed by atoms with van der Waals surface area (Å²) in [5.74, 6) is 0.126. The van der Waals surface area contributed by atoms with E-state index in [1.54, 1.807) is 11.8 Å². The lowest BCUT2D eigenvalue weighted by atomic mass is 10.1. The number of benzene rings is 2. The average molecular weight is 391 g/mol. The summed E-state index contributed by atoms with van der Waals surface area (Å²) in [7, 11) is 4.14. The molecule has 0 saturated carbocycles. The second kappa shape index (κ2) is 11.3. The van der Waals surface area contributed by atoms with E-state index in [4.69, 9.17) is 11.6 Å². The number of nitrogens with one attached hydrogen (secondary N) is 1. The van der Waals surface area contributed by atoms with E-state index in [0.717, 1.165) is 42.3 Å². The third-order valence-corrected chi connectivity index (χ3v) is 5.37. The maximum absolute atomic E-state index is 12.1. The topological polar surface area (TPSA) is 32.3 Å². The van der Waals surface area contributed by atoms with E-state index < -0.39 is 0 Å². The molecule has 0 atom stereocenters. The van der Waals surface area contributed by atoms with E-state index >= 15 is 0 Å². The fourth-order valence-corrected chi connectivity index (χ4v) is 3.66. The van der Waals surface area contributed by atoms with Crippen molar-refractivity contribution in [2.24, 2.45) is 0 Å². The summed E-state index contributed by atoms with van der Waals surface area (Å²) in [5, 5.41) is 3.76. The van der Waals surface area contributed by atoms with Gasteiger partial charge < -0.3 is 10.2 Å². The Labute approximate surface area is 166 Å². The van der Waals surface area contributed by atoms with Crippen molar-refractivity contribution in [2.45, 2.75) is 35.5 Å². The largest absolute Gasteiger partial charge is 0.356 e. The number of carbonyl (C=O) groups excluding carboxylic acids is 1. The van der Waals surface area contributed by atoms with Gasteiger partial charge >= 0.3 is 0 Å². The van der Waals surface area contributed by atoms with Gasteiger partial charge in [-0.05, 0) is 75.8 Å². The van der Waals surface area contributed by atoms with Crippen LogP contribution in [-0.2, 0) is 11.2 Å². The van der Waals surface area contributed by atoms with Gasteiger partial charge in [0.15, 0.2) is 0 Å². The number of halogens is 1. The highest BCUT2D eigenvalue weighted by Gasteiger charge is 2.07. The van der Waals surface area contributed by atoms with E-state index in [-0.39, 0.29) is 5.91 Å². The first kappa shape index (κ1) is 20.8. The number of unbranched alkanes of at least 4 members (excludes halogenated alkanes) is 1. The van der Waals surface area contributed by atoms with Crippen molar-refractivity contribution in [1.82, 2.24) is 10.2 Å². The summed E-state index contributed by atoms with van der Waals surface area (Å²) in [6.07, 6.45) is 3.40. The molecule has 2 rings (SSSR count). The smallest absolute Gasteiger partial charge is 0.220 e. The predicted octanol–water partition coefficient (Wildman–Crippen LogP) is 4.88. The Bertz CT molecular complexity index is 689. The Morgan fingerprint density at radius 1 is 1.08 bits per heavy atom. The van der Waals surface area contributed by atoms with Crippen LogP contribution >= 0.6 is 23.4 Å². The minimum atomic E-state index is 0.126. The number of nitrogens with zero attached hydrogens (tertiary/aromatic N) is 1. The van der Waals surface area contributed by atoms with E-state index in [9.17, 15) is 4.79 Å². The molecule has 0 aliphatic heterocycles. The Hall–Kier alpha value is -1.49. The first-order chi connectivity index (χ1) is 12.5. The molecule has 2 aromatic rings. The molecule has 140 valence electrons. The summed E-state index contributed by atoms with van der Waals surface area (Å²) in [6, 6.07) is 16.1. The minimum absolute atomic E-state index is 0.126. The Morgan fingerprint density at radius 3 is 2.54 bits per heavy atom. The van der Waals surface area contributed by atoms with Gasteiger partial charge in [-0.15, -0.1) is 0 Å². The van der Waals surface area contributed by atoms with E-state index in [1.165, 1.54) is 10.5 Å². The Morgan fingerprint density at radius 2 is 1.81 bits per heavy atom. The fourth-order valence-electron chi connectivity index (χ4n) is 2.56. The molecule has 0 bridgehead atoms. The van der Waals surface area contributed by atoms with Gasteiger partial charge in [0.25, 0.3) is 0 Å². The van der Waals surface area contributed by atoms with Gasteiger partial charge in [-0.3, -0.25) is 4.79 Å². The molecule has 0 unspecified atom stereocenters. The molecule has 0 spiro atoms. The first-order valence-corrected chi connectivity index (χ1v) is 10.2. The van der Waals surface area contributed by atoms with Crippen LogP contribution in [0.25, 0.3) is 0 Å². The van der Waals surface area contributed by atoms with Crippen LogP contribution in [0.2, 0.25) is 5.02 Å². The minimum Gasteiger partial charge on any atom is -0.356 e. The van der Waals surface area contributed by atoms with Gasteiger partial charge in [-0.25, -0.2) is 0 Å². The Kier molecular flexibility index (Phi) is 9.02. The van der Waals surface area contributed by atoms with Gasteiger partial charge in [0.1, 0.15) is 0 Å². The maximum Gasteiger partial charge on any atom is 0.220 e. The van der Waals surface area contributed by atoms with Crippen LogP contribution in [0.15, 0.2) is 58.3 Å². The van der Waals surface area contributed by atoms with Gasteiger partial charge in [-0.2, -0.15) is 0 Å². The third-order valence-electron chi connectivity index (χ3n) is 3.99. The quantitative estimate of drug-likeness (QED) is 0.586. The third kappa shape index (κ3) is 7.81. The second-order valence-electron chi connectivity index (χ2n) is 6.52. The number of aryl methyl sites for hydroxylation is 1. The number of rotatable bonds is 10. The number of hydrogen-bond donors (Lipinski definition) is 1. The van der Waals surface area contributed by atoms with Crippen molar-refractivity contribution in [3.8, 4) is 0 Å². The molecule has 0 aliphatic carbocycles. The van der Waals surface area contributed by atoms with Crippen molar-refractivity contribution >= 4 is 29.3 Å². The summed E-state index contributed by atoms with van der Waals surface area (Å²) in [4.78, 5) is 16.6. The molecule has 2 aromatic carbocycles. The fraction of sp³-hybridized carbons (Fsp3) is 0.381. The highest BCUT2D eigenvalue weighted by atomic mass is 35.5. The van der Waals surface area contributed by atoms with Crippen LogP contribution in [0.3, 0.4) is 0 Å². The lowest BCUT2D eigenvalue weighted by Gasteiger charge is -2.11. The molecule has 0 radical (unpaired) electrons. The summed E-state index contributed by atoms with van der Waals surface area (Å²) in [5.41, 5.74) is 1.20. The van der Waals surface area contributed by atoms with Gasteiger partial charge in [-0.1, -0.05) is 41.6 Å². The van der Waals surface area contributed by atoms with Crippen LogP contribution in [0.5, 0.6) is 0 Å². The predicted molar refractivity (Wildman–Crippen MR) is 111 cm³/mol. The van der Waals surface area contributed by atoms with E-state index in [2.05, 4.69) is 36.4 Å². The summed E-state index contributed by atoms with van der Waals surface area (Å²) < 4.78 is 0. The van der Waals surface area contributed by atoms with Gasteiger partial charge in [0.2, 0.25) is 5.91 Å². The molecule has 0 fully saturated rings. The highest BCUT2D eigenvalue weighted by Crippen LogP contribution is 2.31. The molecular formula is C21H27ClN2OS. The molecule has 5 heteroatoms. The second-order valence-corrected chi connectivity index (χ2v) is 8.08. The van der Waals surface area contributed by atoms with Crippen LogP contribution in [0, 0.1) is 0 Å². The van der Waals surface area contributed by atoms with E-state index in [1.807, 2.05) is 36.4 Å². The monoisotopic (exact) mass is 390 g/mol. The van der Waals surface area contributed by atoms with Gasteiger partial charge in [0, 0.05) is 27.8 Å². The summed E-state index contributed by atoms with van der Waals surface area (Å²) >= 11 is 7.66. The first-order valence-electron chi connectivity index (χ1n) is 8.97. The molecule has 1 amide bonds. The Balaban J connectivity index is 1.80. The molecule has 3 nitrogen and oxygen atoms in total. The number of hydrogen-bond acceptors (Lipinski definition) is 3. The van der Waals surface area contributed by atoms with Crippen LogP contribution < -0.4 is 5.32 Å². The number of amides is 1. The number of carbonyl (C=O) groups is 1. The zero-order chi connectivity index (χ0) is 18.8. The van der Waals surface area contributed by atoms with Crippen LogP contribution in [0.1, 0.15) is 24.8 Å². The highest BCUT2D eigenvalue weighted by molar-refractivity contribution is 7.99. The maximum atomic E-state index is 12.1. The SMILES string of the molecule is CN(C)CCCCNC(=O)CCc1ccccc1Sc1ccc(Cl)cc1. The van der Waals surface area contributed by atoms with Crippen molar-refractivity contribution in [2.75, 3.05) is 27.2 Å². The lowest BCUT2D eigenvalue weighted by Crippen LogP contribution is -2.25. The molecule has 1 N–H and O–H groups in total. The summed E-state index contributed by atoms with van der Waals surface area (Å²) in [6.45, 7) is 1.82. The standard InChI is InChI=1S/C21H27ClN2OS/c1-24(2)16-6-5-15-23-21(25)14-9-17-7-3-4-8-20(17)26-19-12-10-18(22)11-13-19/h3-4,7-8,10-13H,5-6,9,14-16H2,1-2H3,(H,23,25). The molecule has 0 aliphatic rings. The lowest BCUT2D eigenvalue weighted by molar-refractivity contribution is -0.121. The average Bonchev–Trinajstić information content (AvgIpc) is 2.62. The molecule has 0 heterocycles. The van der Waals surface area contributed by atoms with Crippen molar-refractivity contribution in [3.63, 3.8) is 0 Å². The molecule has 0 saturated heterocycles. The van der Waals surface area contributed by atoms with Crippen molar-refractivity contribution in [1.29, 1.82) is 0 Å². The normalized spacial score (nSPS) is 10.9. The zero-order valence-corrected chi connectivity index (χ0v) is 17.1. The molecule has 26 heavy (non-hydrogen) atoms. The van der Waals surface area contributed by atoms with Crippen LogP contribution in [-0.4, -0.2) is 38.0 Å². The van der Waals surface area contributed by atoms with Crippen molar-refractivity contribution < 1.29 is 4.79 Å². The van der Waals surface area contributed by atoms with E-state index in [0.29, 0.717) is 6.42 Å². The zero-order valence-electron chi connectivity index (χ0n) is 15.5. The van der Waals surface area contributed by atoms with Crippen molar-refractivity contribution in [3.05, 3.63) is 59.1 Å². The molecular weight excluding hydrogens is 364 g/mol. The van der Waals surface area contributed by atoms with Gasteiger partial charge in [0.05, 0.1) is 0 Å². The molecule has 0 aromatic heterocycles.